The van der Waals surface area contributed by atoms with E-state index in [1.165, 1.54) is 559 Å². The average Bonchev–Trinajstić information content (AvgIpc) is 1.14. The van der Waals surface area contributed by atoms with Crippen LogP contribution in [0.5, 0.6) is 0 Å². The van der Waals surface area contributed by atoms with Crippen molar-refractivity contribution in [3.63, 3.8) is 0 Å². The SMILES string of the molecule is CCCCCCCCCCCCCCCCCCCCCCCCCCCCCCB1C=CC=C(CCCCCCCCCCCCCCCCCCCCCCCCCCCCCC)N1CCCCCCCCCCCCCCCCCCCCCCCCCCCCCC. The Balaban J connectivity index is 2.18. The van der Waals surface area contributed by atoms with E-state index in [0.717, 1.165) is 0 Å². The van der Waals surface area contributed by atoms with Crippen LogP contribution in [0.3, 0.4) is 0 Å². The summed E-state index contributed by atoms with van der Waals surface area (Å²) in [6, 6.07) is 0. The van der Waals surface area contributed by atoms with E-state index in [1.54, 1.807) is 5.70 Å². The molecule has 0 unspecified atom stereocenters. The lowest BCUT2D eigenvalue weighted by molar-refractivity contribution is 0.453. The Morgan fingerprint density at radius 2 is 0.344 bits per heavy atom. The molecule has 0 amide bonds. The van der Waals surface area contributed by atoms with Crippen molar-refractivity contribution in [2.24, 2.45) is 0 Å². The van der Waals surface area contributed by atoms with Gasteiger partial charge in [-0.2, -0.15) is 0 Å². The molecule has 0 fully saturated rings. The molecular weight excluding hydrogens is 1150 g/mol. The van der Waals surface area contributed by atoms with Crippen LogP contribution in [-0.4, -0.2) is 18.2 Å². The zero-order valence-electron chi connectivity index (χ0n) is 67.8. The highest BCUT2D eigenvalue weighted by Crippen LogP contribution is 2.27. The third kappa shape index (κ3) is 74.5. The maximum absolute atomic E-state index is 2.92. The Hall–Kier alpha value is -0.655. The van der Waals surface area contributed by atoms with Crippen LogP contribution in [0.1, 0.15) is 567 Å². The molecule has 0 aromatic heterocycles. The minimum atomic E-state index is 0.641. The fourth-order valence-corrected chi connectivity index (χ4v) is 16.4. The standard InChI is InChI=1S/C94H186BN/c1-4-7-10-13-16-19-22-25-28-31-34-37-40-43-46-49-52-55-58-61-64-67-70-73-76-79-82-85-89-94-90-88-92-95(91-86-83-80-77-74-71-68-65-62-59-56-53-50-47-44-41-38-35-32-29-26-23-20-17-14-11-8-5-2)96(94)93-87-84-81-78-75-72-69-66-63-60-57-54-51-48-45-42-39-36-33-30-27-24-21-18-15-12-9-6-3/h88,90,92H,4-87,89,91,93H2,1-3H3. The second-order valence-corrected chi connectivity index (χ2v) is 33.0. The van der Waals surface area contributed by atoms with Gasteiger partial charge in [-0.3, -0.25) is 0 Å². The molecule has 0 bridgehead atoms. The Morgan fingerprint density at radius 1 is 0.188 bits per heavy atom. The Kier molecular flexibility index (Phi) is 82.7. The van der Waals surface area contributed by atoms with Gasteiger partial charge in [0, 0.05) is 12.2 Å². The number of unbranched alkanes of at least 4 members (excludes halogenated alkanes) is 81. The molecule has 1 heterocycles. The lowest BCUT2D eigenvalue weighted by Crippen LogP contribution is -2.39. The summed E-state index contributed by atoms with van der Waals surface area (Å²) in [5.74, 6) is 2.59. The van der Waals surface area contributed by atoms with Crippen LogP contribution < -0.4 is 0 Å². The molecule has 2 heteroatoms. The van der Waals surface area contributed by atoms with Gasteiger partial charge >= 0.3 is 0 Å². The first-order valence-corrected chi connectivity index (χ1v) is 47.0. The summed E-state index contributed by atoms with van der Waals surface area (Å²) in [6.07, 6.45) is 131. The molecule has 1 rings (SSSR count). The lowest BCUT2D eigenvalue weighted by atomic mass is 9.54. The minimum Gasteiger partial charge on any atom is -0.414 e. The first kappa shape index (κ1) is 93.4. The largest absolute Gasteiger partial charge is 0.414 e. The summed E-state index contributed by atoms with van der Waals surface area (Å²) in [4.78, 5) is 2.92. The third-order valence-electron chi connectivity index (χ3n) is 23.3. The second kappa shape index (κ2) is 85.0. The predicted octanol–water partition coefficient (Wildman–Crippen LogP) is 35.5. The fourth-order valence-electron chi connectivity index (χ4n) is 16.4. The van der Waals surface area contributed by atoms with Crippen LogP contribution >= 0.6 is 0 Å². The summed E-state index contributed by atoms with van der Waals surface area (Å²) in [7, 11) is 0. The topological polar surface area (TPSA) is 3.24 Å². The Labute approximate surface area is 611 Å². The summed E-state index contributed by atoms with van der Waals surface area (Å²) >= 11 is 0. The van der Waals surface area contributed by atoms with Gasteiger partial charge in [0.05, 0.1) is 0 Å². The zero-order valence-corrected chi connectivity index (χ0v) is 67.8. The third-order valence-corrected chi connectivity index (χ3v) is 23.3. The highest BCUT2D eigenvalue weighted by molar-refractivity contribution is 6.62. The van der Waals surface area contributed by atoms with Gasteiger partial charge in [-0.05, 0) is 31.7 Å². The van der Waals surface area contributed by atoms with E-state index >= 15 is 0 Å². The van der Waals surface area contributed by atoms with Gasteiger partial charge in [0.25, 0.3) is 6.85 Å². The van der Waals surface area contributed by atoms with Crippen molar-refractivity contribution in [3.05, 3.63) is 23.8 Å². The molecule has 0 atom stereocenters. The summed E-state index contributed by atoms with van der Waals surface area (Å²) < 4.78 is 0. The van der Waals surface area contributed by atoms with Gasteiger partial charge in [-0.25, -0.2) is 0 Å². The quantitative estimate of drug-likeness (QED) is 0.0433. The van der Waals surface area contributed by atoms with E-state index in [2.05, 4.69) is 43.7 Å². The van der Waals surface area contributed by atoms with Gasteiger partial charge in [-0.15, -0.1) is 0 Å². The van der Waals surface area contributed by atoms with Crippen LogP contribution in [-0.2, 0) is 0 Å². The van der Waals surface area contributed by atoms with E-state index in [4.69, 9.17) is 0 Å². The molecule has 96 heavy (non-hydrogen) atoms. The van der Waals surface area contributed by atoms with Gasteiger partial charge in [-0.1, -0.05) is 559 Å². The van der Waals surface area contributed by atoms with E-state index in [0.29, 0.717) is 6.85 Å². The summed E-state index contributed by atoms with van der Waals surface area (Å²) in [5.41, 5.74) is 1.68. The van der Waals surface area contributed by atoms with Crippen LogP contribution in [0.25, 0.3) is 0 Å². The molecule has 1 nitrogen and oxygen atoms in total. The molecule has 0 saturated carbocycles. The van der Waals surface area contributed by atoms with Crippen molar-refractivity contribution in [2.75, 3.05) is 6.54 Å². The van der Waals surface area contributed by atoms with Gasteiger partial charge in [0.15, 0.2) is 0 Å². The Bertz CT molecular complexity index is 1430. The molecule has 0 aromatic rings. The molecule has 1 aliphatic heterocycles. The number of hydrogen-bond acceptors (Lipinski definition) is 1. The van der Waals surface area contributed by atoms with Crippen molar-refractivity contribution in [2.45, 2.75) is 573 Å². The van der Waals surface area contributed by atoms with E-state index in [9.17, 15) is 0 Å². The molecule has 0 saturated heterocycles. The first-order valence-electron chi connectivity index (χ1n) is 47.0. The van der Waals surface area contributed by atoms with E-state index in [-0.39, 0.29) is 0 Å². The highest BCUT2D eigenvalue weighted by atomic mass is 15.1. The molecule has 0 aromatic carbocycles. The van der Waals surface area contributed by atoms with Crippen LogP contribution in [0.15, 0.2) is 23.8 Å². The predicted molar refractivity (Wildman–Crippen MR) is 444 cm³/mol. The van der Waals surface area contributed by atoms with Crippen molar-refractivity contribution >= 4 is 6.85 Å². The normalized spacial score (nSPS) is 12.6. The van der Waals surface area contributed by atoms with Crippen LogP contribution in [0, 0.1) is 0 Å². The molecule has 0 N–H and O–H groups in total. The second-order valence-electron chi connectivity index (χ2n) is 33.0. The Morgan fingerprint density at radius 3 is 0.531 bits per heavy atom. The van der Waals surface area contributed by atoms with E-state index in [1.807, 2.05) is 0 Å². The maximum atomic E-state index is 2.92. The van der Waals surface area contributed by atoms with Crippen LogP contribution in [0.4, 0.5) is 0 Å². The minimum absolute atomic E-state index is 0.641. The highest BCUT2D eigenvalue weighted by Gasteiger charge is 2.24. The van der Waals surface area contributed by atoms with Crippen LogP contribution in [0.2, 0.25) is 6.32 Å². The van der Waals surface area contributed by atoms with Crippen molar-refractivity contribution in [3.8, 4) is 0 Å². The molecular formula is C94H186BN. The number of allylic oxidation sites excluding steroid dienone is 3. The molecule has 0 spiro atoms. The van der Waals surface area contributed by atoms with Crippen molar-refractivity contribution in [1.29, 1.82) is 0 Å². The van der Waals surface area contributed by atoms with Crippen molar-refractivity contribution in [1.82, 2.24) is 4.81 Å². The number of rotatable bonds is 87. The summed E-state index contributed by atoms with van der Waals surface area (Å²) in [6.45, 7) is 8.90. The molecule has 0 radical (unpaired) electrons. The zero-order chi connectivity index (χ0) is 68.4. The molecule has 570 valence electrons. The maximum Gasteiger partial charge on any atom is 0.280 e. The number of nitrogens with zero attached hydrogens (tertiary/aromatic N) is 1. The van der Waals surface area contributed by atoms with Crippen molar-refractivity contribution < 1.29 is 0 Å². The van der Waals surface area contributed by atoms with Gasteiger partial charge in [0.1, 0.15) is 0 Å². The first-order chi connectivity index (χ1) is 47.8. The number of hydrogen-bond donors (Lipinski definition) is 0. The van der Waals surface area contributed by atoms with Gasteiger partial charge in [0.2, 0.25) is 0 Å². The molecule has 0 aliphatic carbocycles. The van der Waals surface area contributed by atoms with E-state index < -0.39 is 0 Å². The smallest absolute Gasteiger partial charge is 0.280 e. The van der Waals surface area contributed by atoms with Gasteiger partial charge < -0.3 is 4.81 Å². The fraction of sp³-hybridized carbons (Fsp3) is 0.957. The lowest BCUT2D eigenvalue weighted by Gasteiger charge is -2.35. The summed E-state index contributed by atoms with van der Waals surface area (Å²) in [5, 5.41) is 0. The molecule has 1 aliphatic rings. The monoisotopic (exact) mass is 1340 g/mol. The average molecular weight is 1340 g/mol.